The Bertz CT molecular complexity index is 824. The van der Waals surface area contributed by atoms with E-state index in [1.54, 1.807) is 0 Å². The molecule has 11 nitrogen and oxygen atoms in total. The van der Waals surface area contributed by atoms with Crippen LogP contribution < -0.4 is 0 Å². The van der Waals surface area contributed by atoms with Crippen molar-refractivity contribution >= 4 is 34.9 Å². The summed E-state index contributed by atoms with van der Waals surface area (Å²) in [5, 5.41) is 46.5. The number of carbonyl (C=O) groups is 2. The standard InChI is InChI=1S/C7H4ClNO4.C7H5NO5/c8-6-2-1-4(9(12)13)3-5(6)7(10)11;9-6-2-1-4(8(12)13)3-5(6)7(10)11/h1-3H,(H,10,11);1-3,9H,(H,10,11). The van der Waals surface area contributed by atoms with E-state index in [4.69, 9.17) is 26.9 Å². The molecule has 0 unspecified atom stereocenters. The predicted molar refractivity (Wildman–Crippen MR) is 86.8 cm³/mol. The van der Waals surface area contributed by atoms with E-state index >= 15 is 0 Å². The van der Waals surface area contributed by atoms with Crippen molar-refractivity contribution in [3.05, 3.63) is 72.8 Å². The minimum atomic E-state index is -1.40. The first-order chi connectivity index (χ1) is 12.0. The van der Waals surface area contributed by atoms with Crippen molar-refractivity contribution in [3.8, 4) is 5.75 Å². The average Bonchev–Trinajstić information content (AvgIpc) is 2.55. The van der Waals surface area contributed by atoms with Gasteiger partial charge in [-0.1, -0.05) is 11.6 Å². The Hall–Kier alpha value is -3.73. The highest BCUT2D eigenvalue weighted by atomic mass is 35.5. The second kappa shape index (κ2) is 8.39. The molecular formula is C14H9ClN2O9. The molecule has 0 bridgehead atoms. The first kappa shape index (κ1) is 20.3. The molecule has 0 aliphatic carbocycles. The summed E-state index contributed by atoms with van der Waals surface area (Å²) in [6.07, 6.45) is 0. The molecule has 0 aliphatic heterocycles. The number of carboxylic acid groups (broad SMARTS) is 2. The summed E-state index contributed by atoms with van der Waals surface area (Å²) in [6, 6.07) is 6.06. The van der Waals surface area contributed by atoms with Gasteiger partial charge in [-0.2, -0.15) is 0 Å². The van der Waals surface area contributed by atoms with Gasteiger partial charge in [0, 0.05) is 24.3 Å². The number of nitrogens with zero attached hydrogens (tertiary/aromatic N) is 2. The van der Waals surface area contributed by atoms with E-state index in [1.807, 2.05) is 0 Å². The van der Waals surface area contributed by atoms with Crippen LogP contribution in [-0.2, 0) is 0 Å². The van der Waals surface area contributed by atoms with Gasteiger partial charge in [0.25, 0.3) is 11.4 Å². The summed E-state index contributed by atoms with van der Waals surface area (Å²) < 4.78 is 0. The molecule has 0 saturated heterocycles. The van der Waals surface area contributed by atoms with Crippen molar-refractivity contribution in [1.29, 1.82) is 0 Å². The third kappa shape index (κ3) is 5.14. The second-order valence-electron chi connectivity index (χ2n) is 4.49. The maximum atomic E-state index is 10.5. The molecule has 0 fully saturated rings. The minimum absolute atomic E-state index is 0.0156. The Kier molecular flexibility index (Phi) is 6.56. The van der Waals surface area contributed by atoms with Crippen LogP contribution in [0.1, 0.15) is 20.7 Å². The summed E-state index contributed by atoms with van der Waals surface area (Å²) in [5.41, 5.74) is -1.40. The number of rotatable bonds is 4. The number of benzene rings is 2. The number of aromatic hydroxyl groups is 1. The number of hydrogen-bond acceptors (Lipinski definition) is 7. The second-order valence-corrected chi connectivity index (χ2v) is 4.90. The van der Waals surface area contributed by atoms with E-state index < -0.39 is 33.1 Å². The third-order valence-electron chi connectivity index (χ3n) is 2.81. The minimum Gasteiger partial charge on any atom is -0.507 e. The normalized spacial score (nSPS) is 9.58. The Balaban J connectivity index is 0.000000260. The van der Waals surface area contributed by atoms with Crippen LogP contribution in [-0.4, -0.2) is 37.1 Å². The molecule has 0 heterocycles. The van der Waals surface area contributed by atoms with Crippen LogP contribution in [0, 0.1) is 20.2 Å². The molecule has 0 aliphatic rings. The van der Waals surface area contributed by atoms with E-state index in [2.05, 4.69) is 0 Å². The summed E-state index contributed by atoms with van der Waals surface area (Å²) in [4.78, 5) is 40.0. The molecule has 2 aromatic rings. The van der Waals surface area contributed by atoms with Gasteiger partial charge in [-0.15, -0.1) is 0 Å². The Morgan fingerprint density at radius 1 is 0.846 bits per heavy atom. The zero-order valence-corrected chi connectivity index (χ0v) is 13.3. The van der Waals surface area contributed by atoms with Crippen molar-refractivity contribution in [1.82, 2.24) is 0 Å². The van der Waals surface area contributed by atoms with Crippen LogP contribution in [0.5, 0.6) is 5.75 Å². The number of non-ortho nitro benzene ring substituents is 2. The lowest BCUT2D eigenvalue weighted by atomic mass is 10.2. The fourth-order valence-corrected chi connectivity index (χ4v) is 1.80. The van der Waals surface area contributed by atoms with Crippen molar-refractivity contribution in [3.63, 3.8) is 0 Å². The summed E-state index contributed by atoms with van der Waals surface area (Å²) >= 11 is 5.49. The van der Waals surface area contributed by atoms with Crippen LogP contribution in [0.3, 0.4) is 0 Å². The quantitative estimate of drug-likeness (QED) is 0.527. The molecule has 12 heteroatoms. The molecule has 0 aromatic heterocycles. The SMILES string of the molecule is O=C(O)c1cc([N+](=O)[O-])ccc1Cl.O=C(O)c1cc([N+](=O)[O-])ccc1O. The molecule has 0 amide bonds. The highest BCUT2D eigenvalue weighted by Crippen LogP contribution is 2.23. The highest BCUT2D eigenvalue weighted by Gasteiger charge is 2.15. The van der Waals surface area contributed by atoms with Gasteiger partial charge in [0.15, 0.2) is 0 Å². The Morgan fingerprint density at radius 3 is 1.69 bits per heavy atom. The van der Waals surface area contributed by atoms with Gasteiger partial charge in [-0.05, 0) is 12.1 Å². The number of nitro groups is 2. The summed E-state index contributed by atoms with van der Waals surface area (Å²) in [7, 11) is 0. The largest absolute Gasteiger partial charge is 0.507 e. The monoisotopic (exact) mass is 384 g/mol. The zero-order valence-electron chi connectivity index (χ0n) is 12.5. The lowest BCUT2D eigenvalue weighted by Crippen LogP contribution is -1.98. The van der Waals surface area contributed by atoms with E-state index in [0.717, 1.165) is 30.3 Å². The van der Waals surface area contributed by atoms with Crippen LogP contribution in [0.2, 0.25) is 5.02 Å². The maximum Gasteiger partial charge on any atom is 0.339 e. The van der Waals surface area contributed by atoms with E-state index in [9.17, 15) is 29.8 Å². The van der Waals surface area contributed by atoms with Crippen LogP contribution in [0.25, 0.3) is 0 Å². The molecule has 3 N–H and O–H groups in total. The first-order valence-electron chi connectivity index (χ1n) is 6.42. The number of hydrogen-bond donors (Lipinski definition) is 3. The van der Waals surface area contributed by atoms with Crippen LogP contribution >= 0.6 is 11.6 Å². The highest BCUT2D eigenvalue weighted by molar-refractivity contribution is 6.33. The molecule has 0 radical (unpaired) electrons. The predicted octanol–water partition coefficient (Wildman–Crippen LogP) is 2.95. The molecule has 0 spiro atoms. The smallest absolute Gasteiger partial charge is 0.339 e. The van der Waals surface area contributed by atoms with Crippen LogP contribution in [0.15, 0.2) is 36.4 Å². The maximum absolute atomic E-state index is 10.5. The number of nitro benzene ring substituents is 2. The van der Waals surface area contributed by atoms with E-state index in [1.165, 1.54) is 6.07 Å². The summed E-state index contributed by atoms with van der Waals surface area (Å²) in [5.74, 6) is -3.17. The van der Waals surface area contributed by atoms with Gasteiger partial charge in [0.2, 0.25) is 0 Å². The lowest BCUT2D eigenvalue weighted by Gasteiger charge is -1.97. The first-order valence-corrected chi connectivity index (χ1v) is 6.80. The average molecular weight is 385 g/mol. The summed E-state index contributed by atoms with van der Waals surface area (Å²) in [6.45, 7) is 0. The fourth-order valence-electron chi connectivity index (χ4n) is 1.60. The number of aromatic carboxylic acids is 2. The molecule has 2 rings (SSSR count). The number of halogens is 1. The molecule has 2 aromatic carbocycles. The topological polar surface area (TPSA) is 181 Å². The number of phenols is 1. The van der Waals surface area contributed by atoms with Gasteiger partial charge in [-0.3, -0.25) is 20.2 Å². The van der Waals surface area contributed by atoms with Gasteiger partial charge < -0.3 is 15.3 Å². The van der Waals surface area contributed by atoms with Crippen molar-refractivity contribution in [2.75, 3.05) is 0 Å². The van der Waals surface area contributed by atoms with Crippen molar-refractivity contribution in [2.45, 2.75) is 0 Å². The van der Waals surface area contributed by atoms with Crippen molar-refractivity contribution in [2.24, 2.45) is 0 Å². The lowest BCUT2D eigenvalue weighted by molar-refractivity contribution is -0.385. The molecule has 0 atom stereocenters. The van der Waals surface area contributed by atoms with Gasteiger partial charge in [-0.25, -0.2) is 9.59 Å². The Morgan fingerprint density at radius 2 is 1.27 bits per heavy atom. The molecule has 0 saturated carbocycles. The Labute approximate surface area is 149 Å². The van der Waals surface area contributed by atoms with Crippen molar-refractivity contribution < 1.29 is 34.8 Å². The third-order valence-corrected chi connectivity index (χ3v) is 3.14. The molecule has 26 heavy (non-hydrogen) atoms. The molecule has 136 valence electrons. The van der Waals surface area contributed by atoms with Crippen LogP contribution in [0.4, 0.5) is 11.4 Å². The van der Waals surface area contributed by atoms with E-state index in [-0.39, 0.29) is 22.0 Å². The van der Waals surface area contributed by atoms with Gasteiger partial charge >= 0.3 is 11.9 Å². The number of carboxylic acids is 2. The van der Waals surface area contributed by atoms with Gasteiger partial charge in [0.1, 0.15) is 11.3 Å². The van der Waals surface area contributed by atoms with E-state index in [0.29, 0.717) is 0 Å². The van der Waals surface area contributed by atoms with Gasteiger partial charge in [0.05, 0.1) is 20.4 Å². The zero-order chi connectivity index (χ0) is 20.0. The molecular weight excluding hydrogens is 376 g/mol. The fraction of sp³-hybridized carbons (Fsp3) is 0.